The van der Waals surface area contributed by atoms with E-state index < -0.39 is 17.0 Å². The van der Waals surface area contributed by atoms with Crippen LogP contribution in [0.5, 0.6) is 0 Å². The van der Waals surface area contributed by atoms with Gasteiger partial charge in [0, 0.05) is 5.75 Å². The molecule has 4 nitrogen and oxygen atoms in total. The van der Waals surface area contributed by atoms with Crippen LogP contribution in [0.3, 0.4) is 0 Å². The monoisotopic (exact) mass is 253 g/mol. The summed E-state index contributed by atoms with van der Waals surface area (Å²) in [6.07, 6.45) is 1.58. The molecule has 0 radical (unpaired) electrons. The lowest BCUT2D eigenvalue weighted by molar-refractivity contribution is 0.0549. The molecule has 1 rings (SSSR count). The second-order valence-electron chi connectivity index (χ2n) is 3.46. The molecule has 1 aromatic rings. The van der Waals surface area contributed by atoms with E-state index in [1.807, 2.05) is 6.07 Å². The lowest BCUT2D eigenvalue weighted by Crippen LogP contribution is -2.06. The molecule has 0 bridgehead atoms. The highest BCUT2D eigenvalue weighted by Gasteiger charge is 2.04. The van der Waals surface area contributed by atoms with Crippen molar-refractivity contribution in [1.82, 2.24) is 0 Å². The van der Waals surface area contributed by atoms with Crippen molar-refractivity contribution < 1.29 is 18.3 Å². The minimum absolute atomic E-state index is 0.0388. The molecule has 92 valence electrons. The molecule has 0 saturated carbocycles. The van der Waals surface area contributed by atoms with Crippen LogP contribution in [-0.2, 0) is 15.8 Å². The van der Waals surface area contributed by atoms with Crippen LogP contribution in [-0.4, -0.2) is 27.1 Å². The molecule has 0 N–H and O–H groups in total. The van der Waals surface area contributed by atoms with Gasteiger partial charge in [0.2, 0.25) is 0 Å². The molecule has 0 spiro atoms. The van der Waals surface area contributed by atoms with Gasteiger partial charge in [-0.1, -0.05) is 34.9 Å². The summed E-state index contributed by atoms with van der Waals surface area (Å²) in [6.45, 7) is 1.75. The Morgan fingerprint density at radius 3 is 2.65 bits per heavy atom. The SMILES string of the molecule is C/C(=C/COC(=O)c1ccccc1)CS(=O)[O-]. The number of hydrogen-bond acceptors (Lipinski definition) is 4. The highest BCUT2D eigenvalue weighted by atomic mass is 32.2. The van der Waals surface area contributed by atoms with Crippen LogP contribution < -0.4 is 0 Å². The number of benzene rings is 1. The predicted molar refractivity (Wildman–Crippen MR) is 64.3 cm³/mol. The van der Waals surface area contributed by atoms with Gasteiger partial charge in [0.15, 0.2) is 0 Å². The molecule has 0 fully saturated rings. The lowest BCUT2D eigenvalue weighted by atomic mass is 10.2. The standard InChI is InChI=1S/C12H14O4S/c1-10(9-17(14)15)7-8-16-12(13)11-5-3-2-4-6-11/h2-7H,8-9H2,1H3,(H,14,15)/p-1/b10-7-. The van der Waals surface area contributed by atoms with Crippen molar-refractivity contribution in [1.29, 1.82) is 0 Å². The van der Waals surface area contributed by atoms with Gasteiger partial charge in [-0.2, -0.15) is 0 Å². The number of hydrogen-bond donors (Lipinski definition) is 0. The van der Waals surface area contributed by atoms with Gasteiger partial charge < -0.3 is 9.29 Å². The number of carbonyl (C=O) groups is 1. The van der Waals surface area contributed by atoms with Gasteiger partial charge >= 0.3 is 5.97 Å². The molecular formula is C12H13O4S-. The molecule has 17 heavy (non-hydrogen) atoms. The molecule has 0 aliphatic rings. The van der Waals surface area contributed by atoms with Crippen LogP contribution in [0.2, 0.25) is 0 Å². The van der Waals surface area contributed by atoms with Crippen molar-refractivity contribution >= 4 is 17.0 Å². The molecule has 5 heteroatoms. The van der Waals surface area contributed by atoms with Crippen molar-refractivity contribution in [3.05, 3.63) is 47.5 Å². The van der Waals surface area contributed by atoms with Gasteiger partial charge in [0.1, 0.15) is 6.61 Å². The van der Waals surface area contributed by atoms with Crippen LogP contribution in [0.1, 0.15) is 17.3 Å². The second-order valence-corrected chi connectivity index (χ2v) is 4.36. The van der Waals surface area contributed by atoms with Gasteiger partial charge in [-0.25, -0.2) is 4.79 Å². The molecule has 0 amide bonds. The summed E-state index contributed by atoms with van der Waals surface area (Å²) in [7, 11) is 0. The molecule has 0 aliphatic heterocycles. The van der Waals surface area contributed by atoms with Gasteiger partial charge in [-0.3, -0.25) is 4.21 Å². The number of ether oxygens (including phenoxy) is 1. The first-order valence-corrected chi connectivity index (χ1v) is 6.27. The van der Waals surface area contributed by atoms with Crippen molar-refractivity contribution in [2.45, 2.75) is 6.92 Å². The Labute approximate surface area is 103 Å². The summed E-state index contributed by atoms with van der Waals surface area (Å²) in [5, 5.41) is 0. The molecule has 1 unspecified atom stereocenters. The van der Waals surface area contributed by atoms with Crippen molar-refractivity contribution in [2.75, 3.05) is 12.4 Å². The quantitative estimate of drug-likeness (QED) is 0.455. The van der Waals surface area contributed by atoms with Gasteiger partial charge in [0.25, 0.3) is 0 Å². The van der Waals surface area contributed by atoms with Gasteiger partial charge in [-0.05, 0) is 25.1 Å². The fourth-order valence-corrected chi connectivity index (χ4v) is 1.65. The van der Waals surface area contributed by atoms with Crippen LogP contribution in [0, 0.1) is 0 Å². The van der Waals surface area contributed by atoms with E-state index in [9.17, 15) is 13.6 Å². The largest absolute Gasteiger partial charge is 0.772 e. The molecule has 0 heterocycles. The summed E-state index contributed by atoms with van der Waals surface area (Å²) in [5.41, 5.74) is 1.13. The third-order valence-corrected chi connectivity index (χ3v) is 2.69. The Balaban J connectivity index is 2.42. The maximum absolute atomic E-state index is 11.5. The van der Waals surface area contributed by atoms with Crippen molar-refractivity contribution in [2.24, 2.45) is 0 Å². The first kappa shape index (κ1) is 13.6. The topological polar surface area (TPSA) is 66.4 Å². The van der Waals surface area contributed by atoms with E-state index in [2.05, 4.69) is 0 Å². The zero-order valence-corrected chi connectivity index (χ0v) is 10.2. The van der Waals surface area contributed by atoms with Crippen LogP contribution in [0.25, 0.3) is 0 Å². The van der Waals surface area contributed by atoms with Gasteiger partial charge in [-0.15, -0.1) is 0 Å². The van der Waals surface area contributed by atoms with E-state index in [1.165, 1.54) is 0 Å². The first-order chi connectivity index (χ1) is 8.09. The molecule has 0 aliphatic carbocycles. The fraction of sp³-hybridized carbons (Fsp3) is 0.250. The lowest BCUT2D eigenvalue weighted by Gasteiger charge is -2.05. The van der Waals surface area contributed by atoms with Crippen LogP contribution in [0.4, 0.5) is 0 Å². The maximum atomic E-state index is 11.5. The summed E-state index contributed by atoms with van der Waals surface area (Å²) in [6, 6.07) is 8.62. The average Bonchev–Trinajstić information content (AvgIpc) is 2.29. The van der Waals surface area contributed by atoms with Crippen LogP contribution in [0.15, 0.2) is 42.0 Å². The maximum Gasteiger partial charge on any atom is 0.338 e. The third-order valence-electron chi connectivity index (χ3n) is 2.00. The summed E-state index contributed by atoms with van der Waals surface area (Å²) < 4.78 is 25.7. The Kier molecular flexibility index (Phi) is 5.59. The van der Waals surface area contributed by atoms with E-state index in [1.54, 1.807) is 37.3 Å². The Bertz CT molecular complexity index is 425. The number of rotatable bonds is 5. The summed E-state index contributed by atoms with van der Waals surface area (Å²) in [4.78, 5) is 11.5. The second kappa shape index (κ2) is 6.98. The normalized spacial score (nSPS) is 13.2. The number of esters is 1. The van der Waals surface area contributed by atoms with E-state index in [4.69, 9.17) is 4.74 Å². The van der Waals surface area contributed by atoms with Crippen molar-refractivity contribution in [3.8, 4) is 0 Å². The molecule has 0 saturated heterocycles. The Morgan fingerprint density at radius 1 is 1.41 bits per heavy atom. The molecule has 1 atom stereocenters. The van der Waals surface area contributed by atoms with Crippen LogP contribution >= 0.6 is 0 Å². The Hall–Kier alpha value is -1.46. The van der Waals surface area contributed by atoms with E-state index in [0.717, 1.165) is 0 Å². The van der Waals surface area contributed by atoms with E-state index in [-0.39, 0.29) is 12.4 Å². The van der Waals surface area contributed by atoms with Gasteiger partial charge in [0.05, 0.1) is 5.56 Å². The predicted octanol–water partition coefficient (Wildman–Crippen LogP) is 1.67. The minimum atomic E-state index is -2.10. The smallest absolute Gasteiger partial charge is 0.338 e. The van der Waals surface area contributed by atoms with Crippen molar-refractivity contribution in [3.63, 3.8) is 0 Å². The molecular weight excluding hydrogens is 240 g/mol. The first-order valence-electron chi connectivity index (χ1n) is 5.03. The number of carbonyl (C=O) groups excluding carboxylic acids is 1. The zero-order valence-electron chi connectivity index (χ0n) is 9.42. The summed E-state index contributed by atoms with van der Waals surface area (Å²) >= 11 is -2.10. The molecule has 1 aromatic carbocycles. The van der Waals surface area contributed by atoms with E-state index in [0.29, 0.717) is 11.1 Å². The van der Waals surface area contributed by atoms with E-state index >= 15 is 0 Å². The third kappa shape index (κ3) is 5.42. The Morgan fingerprint density at radius 2 is 2.06 bits per heavy atom. The molecule has 0 aromatic heterocycles. The average molecular weight is 253 g/mol. The highest BCUT2D eigenvalue weighted by molar-refractivity contribution is 7.79. The fourth-order valence-electron chi connectivity index (χ4n) is 1.16. The minimum Gasteiger partial charge on any atom is -0.772 e. The zero-order chi connectivity index (χ0) is 12.7. The summed E-state index contributed by atoms with van der Waals surface area (Å²) in [5.74, 6) is -0.457. The highest BCUT2D eigenvalue weighted by Crippen LogP contribution is 2.02.